The van der Waals surface area contributed by atoms with Crippen LogP contribution in [0.5, 0.6) is 0 Å². The SMILES string of the molecule is CC(C)N[C@H]1CCOC1=O. The molecule has 0 bridgehead atoms. The van der Waals surface area contributed by atoms with Crippen molar-refractivity contribution in [2.24, 2.45) is 0 Å². The van der Waals surface area contributed by atoms with Gasteiger partial charge in [-0.25, -0.2) is 0 Å². The Morgan fingerprint density at radius 2 is 2.40 bits per heavy atom. The van der Waals surface area contributed by atoms with Gasteiger partial charge in [0.25, 0.3) is 0 Å². The van der Waals surface area contributed by atoms with Gasteiger partial charge in [0.05, 0.1) is 6.61 Å². The van der Waals surface area contributed by atoms with Gasteiger partial charge in [0.15, 0.2) is 0 Å². The highest BCUT2D eigenvalue weighted by atomic mass is 16.5. The normalized spacial score (nSPS) is 25.5. The maximum atomic E-state index is 10.8. The predicted octanol–water partition coefficient (Wildman–Crippen LogP) is 0.300. The Kier molecular flexibility index (Phi) is 2.27. The number of hydrogen-bond acceptors (Lipinski definition) is 3. The van der Waals surface area contributed by atoms with Crippen molar-refractivity contribution >= 4 is 5.97 Å². The number of rotatable bonds is 2. The van der Waals surface area contributed by atoms with Crippen LogP contribution in [-0.4, -0.2) is 24.7 Å². The van der Waals surface area contributed by atoms with Crippen LogP contribution in [-0.2, 0) is 9.53 Å². The van der Waals surface area contributed by atoms with Crippen LogP contribution in [0.1, 0.15) is 20.3 Å². The number of nitrogens with one attached hydrogen (secondary N) is 1. The first kappa shape index (κ1) is 7.54. The molecule has 0 spiro atoms. The lowest BCUT2D eigenvalue weighted by Crippen LogP contribution is -2.37. The third-order valence-corrected chi connectivity index (χ3v) is 1.47. The van der Waals surface area contributed by atoms with E-state index < -0.39 is 0 Å². The maximum Gasteiger partial charge on any atom is 0.323 e. The minimum atomic E-state index is -0.103. The molecule has 0 aliphatic carbocycles. The van der Waals surface area contributed by atoms with Gasteiger partial charge in [-0.15, -0.1) is 0 Å². The first-order chi connectivity index (χ1) is 4.70. The molecule has 0 saturated carbocycles. The summed E-state index contributed by atoms with van der Waals surface area (Å²) in [4.78, 5) is 10.8. The molecule has 0 amide bonds. The van der Waals surface area contributed by atoms with Gasteiger partial charge in [-0.1, -0.05) is 13.8 Å². The average molecular weight is 143 g/mol. The summed E-state index contributed by atoms with van der Waals surface area (Å²) in [7, 11) is 0. The third kappa shape index (κ3) is 1.70. The molecule has 3 heteroatoms. The lowest BCUT2D eigenvalue weighted by atomic mass is 10.2. The van der Waals surface area contributed by atoms with E-state index in [4.69, 9.17) is 4.74 Å². The average Bonchev–Trinajstić information content (AvgIpc) is 2.15. The molecule has 10 heavy (non-hydrogen) atoms. The summed E-state index contributed by atoms with van der Waals surface area (Å²) in [6.07, 6.45) is 0.816. The molecule has 1 fully saturated rings. The van der Waals surface area contributed by atoms with Crippen LogP contribution in [0.15, 0.2) is 0 Å². The number of esters is 1. The molecular weight excluding hydrogens is 130 g/mol. The molecule has 0 aromatic rings. The Morgan fingerprint density at radius 3 is 2.80 bits per heavy atom. The zero-order chi connectivity index (χ0) is 7.56. The molecular formula is C7H13NO2. The number of carbonyl (C=O) groups is 1. The molecule has 1 atom stereocenters. The monoisotopic (exact) mass is 143 g/mol. The van der Waals surface area contributed by atoms with Crippen molar-refractivity contribution in [3.63, 3.8) is 0 Å². The summed E-state index contributed by atoms with van der Waals surface area (Å²) in [6.45, 7) is 4.61. The van der Waals surface area contributed by atoms with Crippen LogP contribution in [0.2, 0.25) is 0 Å². The Bertz CT molecular complexity index is 134. The lowest BCUT2D eigenvalue weighted by Gasteiger charge is -2.10. The maximum absolute atomic E-state index is 10.8. The van der Waals surface area contributed by atoms with Crippen molar-refractivity contribution in [3.05, 3.63) is 0 Å². The molecule has 1 rings (SSSR count). The molecule has 0 aromatic carbocycles. The molecule has 1 aliphatic heterocycles. The highest BCUT2D eigenvalue weighted by Gasteiger charge is 2.26. The van der Waals surface area contributed by atoms with Crippen LogP contribution in [0.4, 0.5) is 0 Å². The Labute approximate surface area is 60.7 Å². The summed E-state index contributed by atoms with van der Waals surface area (Å²) >= 11 is 0. The topological polar surface area (TPSA) is 38.3 Å². The second-order valence-electron chi connectivity index (χ2n) is 2.83. The largest absolute Gasteiger partial charge is 0.464 e. The van der Waals surface area contributed by atoms with Crippen LogP contribution in [0.3, 0.4) is 0 Å². The fraction of sp³-hybridized carbons (Fsp3) is 0.857. The van der Waals surface area contributed by atoms with E-state index in [0.717, 1.165) is 6.42 Å². The van der Waals surface area contributed by atoms with Gasteiger partial charge in [0.2, 0.25) is 0 Å². The zero-order valence-electron chi connectivity index (χ0n) is 6.39. The summed E-state index contributed by atoms with van der Waals surface area (Å²) < 4.78 is 4.76. The van der Waals surface area contributed by atoms with Gasteiger partial charge in [0, 0.05) is 12.5 Å². The number of hydrogen-bond donors (Lipinski definition) is 1. The Morgan fingerprint density at radius 1 is 1.70 bits per heavy atom. The van der Waals surface area contributed by atoms with E-state index in [1.165, 1.54) is 0 Å². The standard InChI is InChI=1S/C7H13NO2/c1-5(2)8-6-3-4-10-7(6)9/h5-6,8H,3-4H2,1-2H3/t6-/m0/s1. The van der Waals surface area contributed by atoms with Crippen molar-refractivity contribution in [1.82, 2.24) is 5.32 Å². The second kappa shape index (κ2) is 3.01. The quantitative estimate of drug-likeness (QED) is 0.565. The van der Waals surface area contributed by atoms with Crippen molar-refractivity contribution in [2.75, 3.05) is 6.61 Å². The Balaban J connectivity index is 2.33. The van der Waals surface area contributed by atoms with Gasteiger partial charge >= 0.3 is 5.97 Å². The fourth-order valence-electron chi connectivity index (χ4n) is 1.05. The van der Waals surface area contributed by atoms with E-state index in [9.17, 15) is 4.79 Å². The molecule has 1 N–H and O–H groups in total. The van der Waals surface area contributed by atoms with Crippen molar-refractivity contribution in [3.8, 4) is 0 Å². The van der Waals surface area contributed by atoms with Crippen molar-refractivity contribution < 1.29 is 9.53 Å². The van der Waals surface area contributed by atoms with Crippen LogP contribution in [0.25, 0.3) is 0 Å². The number of carbonyl (C=O) groups excluding carboxylic acids is 1. The van der Waals surface area contributed by atoms with E-state index in [1.807, 2.05) is 13.8 Å². The van der Waals surface area contributed by atoms with Gasteiger partial charge in [-0.2, -0.15) is 0 Å². The summed E-state index contributed by atoms with van der Waals surface area (Å²) in [6, 6.07) is 0.302. The molecule has 3 nitrogen and oxygen atoms in total. The molecule has 0 aromatic heterocycles. The second-order valence-corrected chi connectivity index (χ2v) is 2.83. The Hall–Kier alpha value is -0.570. The zero-order valence-corrected chi connectivity index (χ0v) is 6.39. The van der Waals surface area contributed by atoms with Crippen molar-refractivity contribution in [1.29, 1.82) is 0 Å². The smallest absolute Gasteiger partial charge is 0.323 e. The van der Waals surface area contributed by atoms with Gasteiger partial charge < -0.3 is 10.1 Å². The van der Waals surface area contributed by atoms with E-state index in [0.29, 0.717) is 12.6 Å². The predicted molar refractivity (Wildman–Crippen MR) is 37.6 cm³/mol. The van der Waals surface area contributed by atoms with E-state index in [1.54, 1.807) is 0 Å². The number of cyclic esters (lactones) is 1. The minimum absolute atomic E-state index is 0.0556. The van der Waals surface area contributed by atoms with E-state index in [-0.39, 0.29) is 12.0 Å². The first-order valence-corrected chi connectivity index (χ1v) is 3.63. The highest BCUT2D eigenvalue weighted by molar-refractivity contribution is 5.77. The summed E-state index contributed by atoms with van der Waals surface area (Å²) in [5.41, 5.74) is 0. The summed E-state index contributed by atoms with van der Waals surface area (Å²) in [5.74, 6) is -0.103. The molecule has 1 saturated heterocycles. The van der Waals surface area contributed by atoms with Crippen LogP contribution in [0, 0.1) is 0 Å². The molecule has 0 unspecified atom stereocenters. The molecule has 0 radical (unpaired) electrons. The lowest BCUT2D eigenvalue weighted by molar-refractivity contribution is -0.139. The van der Waals surface area contributed by atoms with E-state index >= 15 is 0 Å². The first-order valence-electron chi connectivity index (χ1n) is 3.63. The van der Waals surface area contributed by atoms with Gasteiger partial charge in [-0.05, 0) is 0 Å². The van der Waals surface area contributed by atoms with Crippen molar-refractivity contribution in [2.45, 2.75) is 32.4 Å². The molecule has 1 heterocycles. The third-order valence-electron chi connectivity index (χ3n) is 1.47. The molecule has 1 aliphatic rings. The minimum Gasteiger partial charge on any atom is -0.464 e. The van der Waals surface area contributed by atoms with Crippen LogP contribution >= 0.6 is 0 Å². The molecule has 58 valence electrons. The number of ether oxygens (including phenoxy) is 1. The highest BCUT2D eigenvalue weighted by Crippen LogP contribution is 2.05. The summed E-state index contributed by atoms with van der Waals surface area (Å²) in [5, 5.41) is 3.12. The fourth-order valence-corrected chi connectivity index (χ4v) is 1.05. The van der Waals surface area contributed by atoms with Crippen LogP contribution < -0.4 is 5.32 Å². The van der Waals surface area contributed by atoms with Gasteiger partial charge in [0.1, 0.15) is 6.04 Å². The van der Waals surface area contributed by atoms with Gasteiger partial charge in [-0.3, -0.25) is 4.79 Å². The van der Waals surface area contributed by atoms with E-state index in [2.05, 4.69) is 5.32 Å².